The fraction of sp³-hybridized carbons (Fsp3) is 0.273. The van der Waals surface area contributed by atoms with Crippen molar-refractivity contribution in [2.24, 2.45) is 0 Å². The molecule has 0 fully saturated rings. The van der Waals surface area contributed by atoms with E-state index in [1.165, 1.54) is 0 Å². The van der Waals surface area contributed by atoms with E-state index in [0.29, 0.717) is 31.0 Å². The quantitative estimate of drug-likeness (QED) is 0.681. The summed E-state index contributed by atoms with van der Waals surface area (Å²) in [7, 11) is 3.93. The van der Waals surface area contributed by atoms with E-state index in [1.807, 2.05) is 78.5 Å². The molecule has 4 rings (SSSR count). The summed E-state index contributed by atoms with van der Waals surface area (Å²) in [5.74, 6) is 2.07. The van der Waals surface area contributed by atoms with Gasteiger partial charge >= 0.3 is 0 Å². The predicted octanol–water partition coefficient (Wildman–Crippen LogP) is 3.52. The molecule has 3 aromatic rings. The van der Waals surface area contributed by atoms with Crippen LogP contribution in [0.1, 0.15) is 27.7 Å². The molecule has 6 heteroatoms. The van der Waals surface area contributed by atoms with Gasteiger partial charge in [-0.05, 0) is 30.3 Å². The Labute approximate surface area is 164 Å². The number of fused-ring (bicyclic) bond motifs is 1. The zero-order chi connectivity index (χ0) is 19.5. The maximum absolute atomic E-state index is 12.9. The lowest BCUT2D eigenvalue weighted by Gasteiger charge is -2.25. The molecule has 0 bridgehead atoms. The Morgan fingerprint density at radius 2 is 2.00 bits per heavy atom. The highest BCUT2D eigenvalue weighted by molar-refractivity contribution is 5.95. The van der Waals surface area contributed by atoms with E-state index in [0.717, 1.165) is 22.9 Å². The largest absolute Gasteiger partial charge is 0.484 e. The van der Waals surface area contributed by atoms with Gasteiger partial charge in [-0.3, -0.25) is 4.79 Å². The molecule has 1 aliphatic rings. The summed E-state index contributed by atoms with van der Waals surface area (Å²) >= 11 is 0. The summed E-state index contributed by atoms with van der Waals surface area (Å²) in [6, 6.07) is 17.2. The number of nitrogens with zero attached hydrogens (tertiary/aromatic N) is 3. The number of anilines is 1. The van der Waals surface area contributed by atoms with Gasteiger partial charge in [-0.2, -0.15) is 0 Å². The summed E-state index contributed by atoms with van der Waals surface area (Å²) in [5.41, 5.74) is 2.60. The van der Waals surface area contributed by atoms with Gasteiger partial charge in [-0.25, -0.2) is 4.98 Å². The number of carbonyl (C=O) groups excluding carboxylic acids is 1. The molecule has 0 unspecified atom stereocenters. The lowest BCUT2D eigenvalue weighted by molar-refractivity contribution is 0.0718. The second kappa shape index (κ2) is 7.76. The van der Waals surface area contributed by atoms with Crippen LogP contribution in [0.5, 0.6) is 5.75 Å². The minimum atomic E-state index is 0.00726. The van der Waals surface area contributed by atoms with Crippen LogP contribution < -0.4 is 9.64 Å². The summed E-state index contributed by atoms with van der Waals surface area (Å²) < 4.78 is 11.6. The van der Waals surface area contributed by atoms with Crippen molar-refractivity contribution < 1.29 is 13.9 Å². The topological polar surface area (TPSA) is 58.8 Å². The first kappa shape index (κ1) is 18.1. The molecule has 28 heavy (non-hydrogen) atoms. The van der Waals surface area contributed by atoms with E-state index < -0.39 is 0 Å². The standard InChI is InChI=1S/C22H23N3O3/c1-24(2)17-8-6-7-16(13-17)22(26)25-12-11-19-20(14-25)28-21(23-19)15-27-18-9-4-3-5-10-18/h3-10,13H,11-12,14-15H2,1-2H3. The molecule has 0 atom stereocenters. The first-order chi connectivity index (χ1) is 13.6. The van der Waals surface area contributed by atoms with Crippen molar-refractivity contribution in [2.45, 2.75) is 19.6 Å². The molecule has 0 radical (unpaired) electrons. The normalized spacial score (nSPS) is 13.1. The van der Waals surface area contributed by atoms with E-state index in [1.54, 1.807) is 0 Å². The van der Waals surface area contributed by atoms with Gasteiger partial charge in [0.1, 0.15) is 11.5 Å². The number of para-hydroxylation sites is 1. The molecule has 2 heterocycles. The highest BCUT2D eigenvalue weighted by atomic mass is 16.5. The SMILES string of the molecule is CN(C)c1cccc(C(=O)N2CCc3nc(COc4ccccc4)oc3C2)c1. The third-order valence-corrected chi connectivity index (χ3v) is 4.78. The summed E-state index contributed by atoms with van der Waals surface area (Å²) in [4.78, 5) is 21.3. The highest BCUT2D eigenvalue weighted by Crippen LogP contribution is 2.23. The van der Waals surface area contributed by atoms with Crippen LogP contribution in [-0.4, -0.2) is 36.4 Å². The van der Waals surface area contributed by atoms with E-state index in [9.17, 15) is 4.79 Å². The Morgan fingerprint density at radius 3 is 2.79 bits per heavy atom. The fourth-order valence-corrected chi connectivity index (χ4v) is 3.25. The second-order valence-corrected chi connectivity index (χ2v) is 7.00. The van der Waals surface area contributed by atoms with Gasteiger partial charge in [-0.1, -0.05) is 24.3 Å². The number of hydrogen-bond donors (Lipinski definition) is 0. The first-order valence-corrected chi connectivity index (χ1v) is 9.32. The van der Waals surface area contributed by atoms with Crippen molar-refractivity contribution in [1.82, 2.24) is 9.88 Å². The molecule has 1 amide bonds. The molecule has 0 saturated heterocycles. The summed E-state index contributed by atoms with van der Waals surface area (Å²) in [6.07, 6.45) is 0.684. The Morgan fingerprint density at radius 1 is 1.18 bits per heavy atom. The van der Waals surface area contributed by atoms with E-state index in [4.69, 9.17) is 9.15 Å². The first-order valence-electron chi connectivity index (χ1n) is 9.32. The van der Waals surface area contributed by atoms with Gasteiger partial charge < -0.3 is 19.0 Å². The Kier molecular flexibility index (Phi) is 5.02. The minimum Gasteiger partial charge on any atom is -0.484 e. The molecule has 0 spiro atoms. The van der Waals surface area contributed by atoms with Crippen LogP contribution in [-0.2, 0) is 19.6 Å². The molecular weight excluding hydrogens is 354 g/mol. The van der Waals surface area contributed by atoms with E-state index in [2.05, 4.69) is 4.98 Å². The molecule has 0 N–H and O–H groups in total. The number of aromatic nitrogens is 1. The molecule has 0 saturated carbocycles. The number of hydrogen-bond acceptors (Lipinski definition) is 5. The predicted molar refractivity (Wildman–Crippen MR) is 106 cm³/mol. The van der Waals surface area contributed by atoms with Crippen LogP contribution in [0.2, 0.25) is 0 Å². The number of carbonyl (C=O) groups is 1. The number of amides is 1. The molecular formula is C22H23N3O3. The molecule has 2 aromatic carbocycles. The summed E-state index contributed by atoms with van der Waals surface area (Å²) in [6.45, 7) is 1.33. The lowest BCUT2D eigenvalue weighted by atomic mass is 10.1. The van der Waals surface area contributed by atoms with Gasteiger partial charge in [0.25, 0.3) is 5.91 Å². The fourth-order valence-electron chi connectivity index (χ4n) is 3.25. The minimum absolute atomic E-state index is 0.00726. The molecule has 1 aliphatic heterocycles. The zero-order valence-corrected chi connectivity index (χ0v) is 16.1. The molecule has 6 nitrogen and oxygen atoms in total. The van der Waals surface area contributed by atoms with Crippen LogP contribution in [0.25, 0.3) is 0 Å². The van der Waals surface area contributed by atoms with Crippen molar-refractivity contribution in [3.05, 3.63) is 77.5 Å². The number of rotatable bonds is 5. The van der Waals surface area contributed by atoms with Gasteiger partial charge in [-0.15, -0.1) is 0 Å². The van der Waals surface area contributed by atoms with Crippen LogP contribution in [0.15, 0.2) is 59.0 Å². The molecule has 144 valence electrons. The smallest absolute Gasteiger partial charge is 0.254 e. The average Bonchev–Trinajstić information content (AvgIpc) is 3.14. The van der Waals surface area contributed by atoms with Crippen LogP contribution in [0.3, 0.4) is 0 Å². The Bertz CT molecular complexity index is 966. The monoisotopic (exact) mass is 377 g/mol. The van der Waals surface area contributed by atoms with Crippen molar-refractivity contribution in [3.63, 3.8) is 0 Å². The highest BCUT2D eigenvalue weighted by Gasteiger charge is 2.26. The molecule has 0 aliphatic carbocycles. The molecule has 1 aromatic heterocycles. The van der Waals surface area contributed by atoms with Gasteiger partial charge in [0, 0.05) is 38.3 Å². The van der Waals surface area contributed by atoms with Gasteiger partial charge in [0.15, 0.2) is 6.61 Å². The van der Waals surface area contributed by atoms with Crippen LogP contribution in [0, 0.1) is 0 Å². The van der Waals surface area contributed by atoms with Crippen LogP contribution >= 0.6 is 0 Å². The Balaban J connectivity index is 1.44. The van der Waals surface area contributed by atoms with Crippen molar-refractivity contribution in [2.75, 3.05) is 25.5 Å². The third-order valence-electron chi connectivity index (χ3n) is 4.78. The third kappa shape index (κ3) is 3.86. The number of ether oxygens (including phenoxy) is 1. The van der Waals surface area contributed by atoms with Gasteiger partial charge in [0.2, 0.25) is 5.89 Å². The van der Waals surface area contributed by atoms with Crippen molar-refractivity contribution in [1.29, 1.82) is 0 Å². The Hall–Kier alpha value is -3.28. The summed E-state index contributed by atoms with van der Waals surface area (Å²) in [5, 5.41) is 0. The van der Waals surface area contributed by atoms with Crippen molar-refractivity contribution in [3.8, 4) is 5.75 Å². The lowest BCUT2D eigenvalue weighted by Crippen LogP contribution is -2.35. The van der Waals surface area contributed by atoms with Gasteiger partial charge in [0.05, 0.1) is 12.2 Å². The van der Waals surface area contributed by atoms with Crippen molar-refractivity contribution >= 4 is 11.6 Å². The maximum atomic E-state index is 12.9. The maximum Gasteiger partial charge on any atom is 0.254 e. The van der Waals surface area contributed by atoms with E-state index >= 15 is 0 Å². The second-order valence-electron chi connectivity index (χ2n) is 7.00. The number of benzene rings is 2. The zero-order valence-electron chi connectivity index (χ0n) is 16.1. The van der Waals surface area contributed by atoms with E-state index in [-0.39, 0.29) is 12.5 Å². The number of oxazole rings is 1. The average molecular weight is 377 g/mol. The van der Waals surface area contributed by atoms with Crippen LogP contribution in [0.4, 0.5) is 5.69 Å².